The molecule has 1 amide bonds. The molecule has 17 heavy (non-hydrogen) atoms. The number of anilines is 1. The number of hydrogen-bond acceptors (Lipinski definition) is 2. The Morgan fingerprint density at radius 3 is 2.41 bits per heavy atom. The van der Waals surface area contributed by atoms with Crippen molar-refractivity contribution in [1.29, 1.82) is 0 Å². The minimum Gasteiger partial charge on any atom is -0.330 e. The zero-order valence-corrected chi connectivity index (χ0v) is 11.9. The second-order valence-corrected chi connectivity index (χ2v) is 5.18. The SMILES string of the molecule is CC(C)C(=O)N(CCCN)c1ccc(Br)cc1. The van der Waals surface area contributed by atoms with E-state index in [9.17, 15) is 4.79 Å². The molecule has 2 N–H and O–H groups in total. The van der Waals surface area contributed by atoms with E-state index in [0.717, 1.165) is 16.6 Å². The topological polar surface area (TPSA) is 46.3 Å². The number of halogens is 1. The summed E-state index contributed by atoms with van der Waals surface area (Å²) in [6, 6.07) is 7.78. The third-order valence-corrected chi connectivity index (χ3v) is 3.01. The summed E-state index contributed by atoms with van der Waals surface area (Å²) >= 11 is 3.39. The molecular weight excluding hydrogens is 280 g/mol. The van der Waals surface area contributed by atoms with Crippen molar-refractivity contribution in [3.05, 3.63) is 28.7 Å². The summed E-state index contributed by atoms with van der Waals surface area (Å²) in [6.07, 6.45) is 0.814. The molecule has 0 unspecified atom stereocenters. The molecule has 1 aromatic rings. The molecule has 0 saturated carbocycles. The van der Waals surface area contributed by atoms with Gasteiger partial charge in [-0.05, 0) is 37.2 Å². The summed E-state index contributed by atoms with van der Waals surface area (Å²) < 4.78 is 1.01. The fourth-order valence-electron chi connectivity index (χ4n) is 1.55. The highest BCUT2D eigenvalue weighted by Crippen LogP contribution is 2.20. The third kappa shape index (κ3) is 4.13. The smallest absolute Gasteiger partial charge is 0.229 e. The fourth-order valence-corrected chi connectivity index (χ4v) is 1.81. The second kappa shape index (κ2) is 6.77. The van der Waals surface area contributed by atoms with Gasteiger partial charge >= 0.3 is 0 Å². The van der Waals surface area contributed by atoms with E-state index in [1.807, 2.05) is 43.0 Å². The van der Waals surface area contributed by atoms with Crippen molar-refractivity contribution in [2.24, 2.45) is 11.7 Å². The first kappa shape index (κ1) is 14.2. The Morgan fingerprint density at radius 2 is 1.94 bits per heavy atom. The average molecular weight is 299 g/mol. The quantitative estimate of drug-likeness (QED) is 0.908. The van der Waals surface area contributed by atoms with Gasteiger partial charge in [0.25, 0.3) is 0 Å². The normalized spacial score (nSPS) is 10.6. The highest BCUT2D eigenvalue weighted by molar-refractivity contribution is 9.10. The second-order valence-electron chi connectivity index (χ2n) is 4.26. The maximum absolute atomic E-state index is 12.1. The highest BCUT2D eigenvalue weighted by Gasteiger charge is 2.18. The zero-order chi connectivity index (χ0) is 12.8. The van der Waals surface area contributed by atoms with Gasteiger partial charge in [0, 0.05) is 22.6 Å². The highest BCUT2D eigenvalue weighted by atomic mass is 79.9. The number of carbonyl (C=O) groups is 1. The number of nitrogens with two attached hydrogens (primary N) is 1. The molecule has 0 aliphatic rings. The van der Waals surface area contributed by atoms with Crippen LogP contribution < -0.4 is 10.6 Å². The third-order valence-electron chi connectivity index (χ3n) is 2.48. The van der Waals surface area contributed by atoms with Crippen LogP contribution in [0, 0.1) is 5.92 Å². The number of benzene rings is 1. The molecule has 0 heterocycles. The summed E-state index contributed by atoms with van der Waals surface area (Å²) in [7, 11) is 0. The molecule has 0 radical (unpaired) electrons. The predicted octanol–water partition coefficient (Wildman–Crippen LogP) is 2.79. The van der Waals surface area contributed by atoms with Gasteiger partial charge in [-0.3, -0.25) is 4.79 Å². The summed E-state index contributed by atoms with van der Waals surface area (Å²) in [5.74, 6) is 0.136. The first-order valence-corrected chi connectivity index (χ1v) is 6.62. The largest absolute Gasteiger partial charge is 0.330 e. The van der Waals surface area contributed by atoms with Gasteiger partial charge in [0.05, 0.1) is 0 Å². The average Bonchev–Trinajstić information content (AvgIpc) is 2.31. The number of rotatable bonds is 5. The number of hydrogen-bond donors (Lipinski definition) is 1. The lowest BCUT2D eigenvalue weighted by Crippen LogP contribution is -2.35. The van der Waals surface area contributed by atoms with Crippen LogP contribution in [0.2, 0.25) is 0 Å². The molecule has 0 aliphatic carbocycles. The predicted molar refractivity (Wildman–Crippen MR) is 75.0 cm³/mol. The minimum absolute atomic E-state index is 0.00331. The maximum atomic E-state index is 12.1. The fraction of sp³-hybridized carbons (Fsp3) is 0.462. The van der Waals surface area contributed by atoms with Crippen molar-refractivity contribution >= 4 is 27.5 Å². The molecule has 0 aromatic heterocycles. The van der Waals surface area contributed by atoms with E-state index >= 15 is 0 Å². The molecular formula is C13H19BrN2O. The van der Waals surface area contributed by atoms with E-state index in [-0.39, 0.29) is 11.8 Å². The van der Waals surface area contributed by atoms with E-state index in [1.54, 1.807) is 0 Å². The van der Waals surface area contributed by atoms with Crippen LogP contribution in [0.5, 0.6) is 0 Å². The lowest BCUT2D eigenvalue weighted by Gasteiger charge is -2.24. The monoisotopic (exact) mass is 298 g/mol. The van der Waals surface area contributed by atoms with Crippen molar-refractivity contribution in [2.75, 3.05) is 18.0 Å². The summed E-state index contributed by atoms with van der Waals surface area (Å²) in [5, 5.41) is 0. The van der Waals surface area contributed by atoms with Crippen LogP contribution in [0.25, 0.3) is 0 Å². The van der Waals surface area contributed by atoms with Crippen molar-refractivity contribution in [3.8, 4) is 0 Å². The van der Waals surface area contributed by atoms with E-state index in [2.05, 4.69) is 15.9 Å². The molecule has 0 fully saturated rings. The Morgan fingerprint density at radius 1 is 1.35 bits per heavy atom. The van der Waals surface area contributed by atoms with Gasteiger partial charge in [0.1, 0.15) is 0 Å². The van der Waals surface area contributed by atoms with Crippen LogP contribution >= 0.6 is 15.9 Å². The Kier molecular flexibility index (Phi) is 5.65. The molecule has 0 spiro atoms. The van der Waals surface area contributed by atoms with Crippen molar-refractivity contribution in [3.63, 3.8) is 0 Å². The number of nitrogens with zero attached hydrogens (tertiary/aromatic N) is 1. The van der Waals surface area contributed by atoms with Crippen LogP contribution in [-0.4, -0.2) is 19.0 Å². The first-order valence-electron chi connectivity index (χ1n) is 5.83. The lowest BCUT2D eigenvalue weighted by molar-refractivity contribution is -0.121. The van der Waals surface area contributed by atoms with E-state index < -0.39 is 0 Å². The summed E-state index contributed by atoms with van der Waals surface area (Å²) in [5.41, 5.74) is 6.44. The lowest BCUT2D eigenvalue weighted by atomic mass is 10.1. The molecule has 4 heteroatoms. The summed E-state index contributed by atoms with van der Waals surface area (Å²) in [4.78, 5) is 13.9. The Bertz CT molecular complexity index is 362. The molecule has 94 valence electrons. The Balaban J connectivity index is 2.89. The van der Waals surface area contributed by atoms with Crippen LogP contribution in [0.1, 0.15) is 20.3 Å². The van der Waals surface area contributed by atoms with Gasteiger partial charge < -0.3 is 10.6 Å². The van der Waals surface area contributed by atoms with Gasteiger partial charge in [0.2, 0.25) is 5.91 Å². The number of carbonyl (C=O) groups excluding carboxylic acids is 1. The van der Waals surface area contributed by atoms with Crippen molar-refractivity contribution in [1.82, 2.24) is 0 Å². The van der Waals surface area contributed by atoms with Crippen molar-refractivity contribution < 1.29 is 4.79 Å². The van der Waals surface area contributed by atoms with E-state index in [4.69, 9.17) is 5.73 Å². The van der Waals surface area contributed by atoms with Crippen LogP contribution in [0.3, 0.4) is 0 Å². The van der Waals surface area contributed by atoms with Gasteiger partial charge in [-0.15, -0.1) is 0 Å². The van der Waals surface area contributed by atoms with Crippen molar-refractivity contribution in [2.45, 2.75) is 20.3 Å². The molecule has 3 nitrogen and oxygen atoms in total. The maximum Gasteiger partial charge on any atom is 0.229 e. The van der Waals surface area contributed by atoms with Crippen LogP contribution in [-0.2, 0) is 4.79 Å². The Labute approximate surface area is 111 Å². The first-order chi connectivity index (χ1) is 8.06. The van der Waals surface area contributed by atoms with Crippen LogP contribution in [0.15, 0.2) is 28.7 Å². The van der Waals surface area contributed by atoms with E-state index in [0.29, 0.717) is 13.1 Å². The van der Waals surface area contributed by atoms with Gasteiger partial charge in [-0.1, -0.05) is 29.8 Å². The minimum atomic E-state index is -0.00331. The van der Waals surface area contributed by atoms with Gasteiger partial charge in [0.15, 0.2) is 0 Å². The number of amides is 1. The molecule has 0 aliphatic heterocycles. The molecule has 0 bridgehead atoms. The summed E-state index contributed by atoms with van der Waals surface area (Å²) in [6.45, 7) is 5.10. The molecule has 1 rings (SSSR count). The van der Waals surface area contributed by atoms with Gasteiger partial charge in [-0.2, -0.15) is 0 Å². The van der Waals surface area contributed by atoms with Gasteiger partial charge in [-0.25, -0.2) is 0 Å². The molecule has 0 atom stereocenters. The zero-order valence-electron chi connectivity index (χ0n) is 10.3. The molecule has 0 saturated heterocycles. The van der Waals surface area contributed by atoms with E-state index in [1.165, 1.54) is 0 Å². The molecule has 1 aromatic carbocycles. The van der Waals surface area contributed by atoms with Crippen LogP contribution in [0.4, 0.5) is 5.69 Å². The standard InChI is InChI=1S/C13H19BrN2O/c1-10(2)13(17)16(9-3-8-15)12-6-4-11(14)5-7-12/h4-7,10H,3,8-9,15H2,1-2H3. The Hall–Kier alpha value is -0.870.